The van der Waals surface area contributed by atoms with Gasteiger partial charge >= 0.3 is 0 Å². The van der Waals surface area contributed by atoms with Crippen molar-refractivity contribution in [3.05, 3.63) is 15.6 Å². The maximum absolute atomic E-state index is 5.09. The van der Waals surface area contributed by atoms with Crippen molar-refractivity contribution in [1.82, 2.24) is 15.2 Å². The van der Waals surface area contributed by atoms with Crippen LogP contribution >= 0.6 is 11.3 Å². The Hall–Kier alpha value is -0.450. The molecule has 21 heavy (non-hydrogen) atoms. The molecule has 1 aliphatic carbocycles. The predicted octanol–water partition coefficient (Wildman–Crippen LogP) is 3.33. The van der Waals surface area contributed by atoms with Crippen LogP contribution in [0.1, 0.15) is 61.5 Å². The molecule has 0 aromatic carbocycles. The zero-order valence-electron chi connectivity index (χ0n) is 13.6. The number of fused-ring (bicyclic) bond motifs is 1. The van der Waals surface area contributed by atoms with Gasteiger partial charge in [0.05, 0.1) is 11.2 Å². The van der Waals surface area contributed by atoms with E-state index in [4.69, 9.17) is 4.98 Å². The van der Waals surface area contributed by atoms with E-state index in [-0.39, 0.29) is 5.54 Å². The van der Waals surface area contributed by atoms with Crippen LogP contribution in [-0.2, 0) is 18.4 Å². The fourth-order valence-electron chi connectivity index (χ4n) is 3.64. The quantitative estimate of drug-likeness (QED) is 0.904. The van der Waals surface area contributed by atoms with E-state index < -0.39 is 0 Å². The highest BCUT2D eigenvalue weighted by Gasteiger charge is 2.38. The SMILES string of the molecule is CCCNC1(c2nc3c(s2)CCCC3)CCN(CC)CC1. The second-order valence-corrected chi connectivity index (χ2v) is 7.62. The molecule has 0 radical (unpaired) electrons. The van der Waals surface area contributed by atoms with Crippen LogP contribution in [0.4, 0.5) is 0 Å². The largest absolute Gasteiger partial charge is 0.305 e. The average molecular weight is 308 g/mol. The van der Waals surface area contributed by atoms with Crippen molar-refractivity contribution in [2.75, 3.05) is 26.2 Å². The molecule has 0 spiro atoms. The van der Waals surface area contributed by atoms with E-state index in [1.54, 1.807) is 4.88 Å². The van der Waals surface area contributed by atoms with Gasteiger partial charge < -0.3 is 10.2 Å². The van der Waals surface area contributed by atoms with E-state index in [2.05, 4.69) is 24.1 Å². The van der Waals surface area contributed by atoms with Crippen LogP contribution in [0.25, 0.3) is 0 Å². The van der Waals surface area contributed by atoms with Gasteiger partial charge in [0, 0.05) is 18.0 Å². The summed E-state index contributed by atoms with van der Waals surface area (Å²) in [6.07, 6.45) is 8.78. The van der Waals surface area contributed by atoms with Crippen molar-refractivity contribution in [3.63, 3.8) is 0 Å². The standard InChI is InChI=1S/C17H29N3S/c1-3-11-18-17(9-12-20(4-2)13-10-17)16-19-14-7-5-6-8-15(14)21-16/h18H,3-13H2,1-2H3. The Morgan fingerprint density at radius 3 is 2.62 bits per heavy atom. The smallest absolute Gasteiger partial charge is 0.113 e. The monoisotopic (exact) mass is 307 g/mol. The number of hydrogen-bond donors (Lipinski definition) is 1. The highest BCUT2D eigenvalue weighted by molar-refractivity contribution is 7.11. The topological polar surface area (TPSA) is 28.2 Å². The number of aromatic nitrogens is 1. The maximum atomic E-state index is 5.09. The first-order chi connectivity index (χ1) is 10.3. The molecular weight excluding hydrogens is 278 g/mol. The third-order valence-corrected chi connectivity index (χ3v) is 6.49. The van der Waals surface area contributed by atoms with Gasteiger partial charge in [-0.15, -0.1) is 11.3 Å². The van der Waals surface area contributed by atoms with Crippen LogP contribution in [0, 0.1) is 0 Å². The number of thiazole rings is 1. The van der Waals surface area contributed by atoms with Crippen LogP contribution < -0.4 is 5.32 Å². The molecule has 2 heterocycles. The number of likely N-dealkylation sites (tertiary alicyclic amines) is 1. The van der Waals surface area contributed by atoms with E-state index in [0.717, 1.165) is 6.54 Å². The lowest BCUT2D eigenvalue weighted by Gasteiger charge is -2.41. The summed E-state index contributed by atoms with van der Waals surface area (Å²) in [6.45, 7) is 9.23. The number of nitrogens with zero attached hydrogens (tertiary/aromatic N) is 2. The van der Waals surface area contributed by atoms with Crippen LogP contribution in [0.2, 0.25) is 0 Å². The minimum absolute atomic E-state index is 0.156. The molecule has 1 saturated heterocycles. The van der Waals surface area contributed by atoms with Crippen LogP contribution in [0.3, 0.4) is 0 Å². The molecule has 3 rings (SSSR count). The summed E-state index contributed by atoms with van der Waals surface area (Å²) in [4.78, 5) is 9.23. The summed E-state index contributed by atoms with van der Waals surface area (Å²) in [6, 6.07) is 0. The number of rotatable bonds is 5. The van der Waals surface area contributed by atoms with Crippen molar-refractivity contribution in [2.24, 2.45) is 0 Å². The Morgan fingerprint density at radius 2 is 1.95 bits per heavy atom. The second kappa shape index (κ2) is 6.76. The molecule has 1 aromatic rings. The van der Waals surface area contributed by atoms with E-state index in [9.17, 15) is 0 Å². The molecule has 0 unspecified atom stereocenters. The molecule has 3 nitrogen and oxygen atoms in total. The van der Waals surface area contributed by atoms with Crippen molar-refractivity contribution < 1.29 is 0 Å². The van der Waals surface area contributed by atoms with Gasteiger partial charge in [-0.05, 0) is 58.0 Å². The van der Waals surface area contributed by atoms with Gasteiger partial charge in [0.15, 0.2) is 0 Å². The molecule has 0 atom stereocenters. The molecule has 0 amide bonds. The molecule has 1 aliphatic heterocycles. The second-order valence-electron chi connectivity index (χ2n) is 6.54. The van der Waals surface area contributed by atoms with Crippen molar-refractivity contribution >= 4 is 11.3 Å². The molecule has 118 valence electrons. The van der Waals surface area contributed by atoms with Gasteiger partial charge in [-0.2, -0.15) is 0 Å². The summed E-state index contributed by atoms with van der Waals surface area (Å²) in [5.74, 6) is 0. The summed E-state index contributed by atoms with van der Waals surface area (Å²) in [5.41, 5.74) is 1.57. The average Bonchev–Trinajstić information content (AvgIpc) is 2.98. The van der Waals surface area contributed by atoms with Gasteiger partial charge in [0.2, 0.25) is 0 Å². The number of hydrogen-bond acceptors (Lipinski definition) is 4. The van der Waals surface area contributed by atoms with E-state index in [0.29, 0.717) is 0 Å². The molecule has 2 aliphatic rings. The fourth-order valence-corrected chi connectivity index (χ4v) is 5.01. The van der Waals surface area contributed by atoms with Crippen molar-refractivity contribution in [2.45, 2.75) is 64.3 Å². The Kier molecular flexibility index (Phi) is 4.97. The fraction of sp³-hybridized carbons (Fsp3) is 0.824. The maximum Gasteiger partial charge on any atom is 0.113 e. The Labute approximate surface area is 133 Å². The third kappa shape index (κ3) is 3.17. The van der Waals surface area contributed by atoms with Crippen molar-refractivity contribution in [3.8, 4) is 0 Å². The number of piperidine rings is 1. The first-order valence-corrected chi connectivity index (χ1v) is 9.55. The summed E-state index contributed by atoms with van der Waals surface area (Å²) >= 11 is 2.01. The molecule has 1 aromatic heterocycles. The van der Waals surface area contributed by atoms with Gasteiger partial charge in [-0.3, -0.25) is 0 Å². The zero-order valence-corrected chi connectivity index (χ0v) is 14.4. The van der Waals surface area contributed by atoms with E-state index >= 15 is 0 Å². The summed E-state index contributed by atoms with van der Waals surface area (Å²) < 4.78 is 0. The van der Waals surface area contributed by atoms with Gasteiger partial charge in [0.25, 0.3) is 0 Å². The minimum atomic E-state index is 0.156. The van der Waals surface area contributed by atoms with Crippen LogP contribution in [-0.4, -0.2) is 36.1 Å². The highest BCUT2D eigenvalue weighted by atomic mass is 32.1. The molecular formula is C17H29N3S. The van der Waals surface area contributed by atoms with Gasteiger partial charge in [-0.25, -0.2) is 4.98 Å². The van der Waals surface area contributed by atoms with Gasteiger partial charge in [-0.1, -0.05) is 13.8 Å². The molecule has 1 N–H and O–H groups in total. The van der Waals surface area contributed by atoms with Crippen LogP contribution in [0.5, 0.6) is 0 Å². The lowest BCUT2D eigenvalue weighted by molar-refractivity contribution is 0.139. The Balaban J connectivity index is 1.83. The zero-order chi connectivity index (χ0) is 14.7. The van der Waals surface area contributed by atoms with E-state index in [1.165, 1.54) is 75.3 Å². The van der Waals surface area contributed by atoms with Crippen molar-refractivity contribution in [1.29, 1.82) is 0 Å². The first kappa shape index (κ1) is 15.4. The predicted molar refractivity (Wildman–Crippen MR) is 90.1 cm³/mol. The third-order valence-electron chi connectivity index (χ3n) is 5.13. The highest BCUT2D eigenvalue weighted by Crippen LogP contribution is 2.38. The normalized spacial score (nSPS) is 22.2. The van der Waals surface area contributed by atoms with Gasteiger partial charge in [0.1, 0.15) is 5.01 Å². The number of nitrogens with one attached hydrogen (secondary N) is 1. The Morgan fingerprint density at radius 1 is 1.19 bits per heavy atom. The molecule has 0 bridgehead atoms. The summed E-state index contributed by atoms with van der Waals surface area (Å²) in [7, 11) is 0. The van der Waals surface area contributed by atoms with E-state index in [1.807, 2.05) is 11.3 Å². The minimum Gasteiger partial charge on any atom is -0.305 e. The number of aryl methyl sites for hydroxylation is 2. The molecule has 4 heteroatoms. The lowest BCUT2D eigenvalue weighted by atomic mass is 9.87. The molecule has 1 fully saturated rings. The summed E-state index contributed by atoms with van der Waals surface area (Å²) in [5, 5.41) is 5.26. The molecule has 0 saturated carbocycles. The first-order valence-electron chi connectivity index (χ1n) is 8.74. The lowest BCUT2D eigenvalue weighted by Crippen LogP contribution is -2.51. The van der Waals surface area contributed by atoms with Crippen LogP contribution in [0.15, 0.2) is 0 Å². The Bertz CT molecular complexity index is 437.